The lowest BCUT2D eigenvalue weighted by Crippen LogP contribution is -2.19. The van der Waals surface area contributed by atoms with Crippen molar-refractivity contribution in [2.75, 3.05) is 7.11 Å². The summed E-state index contributed by atoms with van der Waals surface area (Å²) < 4.78 is 5.25. The monoisotopic (exact) mass is 246 g/mol. The summed E-state index contributed by atoms with van der Waals surface area (Å²) in [5.41, 5.74) is 0.969. The molecule has 1 aromatic carbocycles. The number of allylic oxidation sites excluding steroid dienone is 1. The van der Waals surface area contributed by atoms with Gasteiger partial charge in [0.15, 0.2) is 5.78 Å². The number of carboxylic acids is 1. The molecule has 4 nitrogen and oxygen atoms in total. The van der Waals surface area contributed by atoms with Gasteiger partial charge in [0.25, 0.3) is 0 Å². The van der Waals surface area contributed by atoms with Crippen LogP contribution in [0.25, 0.3) is 0 Å². The van der Waals surface area contributed by atoms with Crippen molar-refractivity contribution < 1.29 is 19.4 Å². The first-order valence-electron chi connectivity index (χ1n) is 5.74. The first kappa shape index (κ1) is 12.4. The number of aliphatic carboxylic acids is 1. The highest BCUT2D eigenvalue weighted by atomic mass is 16.5. The Morgan fingerprint density at radius 1 is 1.39 bits per heavy atom. The highest BCUT2D eigenvalue weighted by molar-refractivity contribution is 6.01. The second-order valence-electron chi connectivity index (χ2n) is 4.20. The summed E-state index contributed by atoms with van der Waals surface area (Å²) in [4.78, 5) is 22.6. The van der Waals surface area contributed by atoms with Gasteiger partial charge in [-0.2, -0.15) is 0 Å². The number of hydrogen-bond donors (Lipinski definition) is 1. The molecule has 0 amide bonds. The Bertz CT molecular complexity index is 516. The van der Waals surface area contributed by atoms with Crippen molar-refractivity contribution in [1.29, 1.82) is 0 Å². The van der Waals surface area contributed by atoms with E-state index in [1.807, 2.05) is 18.2 Å². The maximum atomic E-state index is 11.3. The summed E-state index contributed by atoms with van der Waals surface area (Å²) in [5.74, 6) is -0.794. The Morgan fingerprint density at radius 2 is 2.11 bits per heavy atom. The van der Waals surface area contributed by atoms with Gasteiger partial charge in [-0.1, -0.05) is 18.2 Å². The van der Waals surface area contributed by atoms with Crippen LogP contribution in [-0.2, 0) is 9.59 Å². The van der Waals surface area contributed by atoms with E-state index in [0.717, 1.165) is 5.56 Å². The summed E-state index contributed by atoms with van der Waals surface area (Å²) in [6.45, 7) is 0. The van der Waals surface area contributed by atoms with Gasteiger partial charge in [-0.3, -0.25) is 4.79 Å². The van der Waals surface area contributed by atoms with Gasteiger partial charge in [0.05, 0.1) is 7.11 Å². The molecule has 0 saturated heterocycles. The van der Waals surface area contributed by atoms with Gasteiger partial charge in [-0.05, 0) is 18.6 Å². The molecule has 0 unspecified atom stereocenters. The van der Waals surface area contributed by atoms with Crippen LogP contribution in [0.15, 0.2) is 35.9 Å². The number of ketones is 1. The van der Waals surface area contributed by atoms with E-state index in [0.29, 0.717) is 18.6 Å². The van der Waals surface area contributed by atoms with Crippen LogP contribution in [0.5, 0.6) is 5.75 Å². The molecule has 1 N–H and O–H groups in total. The fourth-order valence-electron chi connectivity index (χ4n) is 2.28. The number of carboxylic acid groups (broad SMARTS) is 1. The Labute approximate surface area is 105 Å². The molecule has 1 atom stereocenters. The molecule has 0 radical (unpaired) electrons. The number of hydrogen-bond acceptors (Lipinski definition) is 3. The number of para-hydroxylation sites is 1. The molecule has 0 fully saturated rings. The molecule has 0 bridgehead atoms. The fourth-order valence-corrected chi connectivity index (χ4v) is 2.28. The zero-order valence-corrected chi connectivity index (χ0v) is 10.1. The number of carbonyl (C=O) groups excluding carboxylic acids is 1. The average Bonchev–Trinajstić information content (AvgIpc) is 2.38. The van der Waals surface area contributed by atoms with E-state index in [2.05, 4.69) is 0 Å². The highest BCUT2D eigenvalue weighted by Crippen LogP contribution is 2.37. The van der Waals surface area contributed by atoms with Crippen molar-refractivity contribution in [2.45, 2.75) is 18.8 Å². The van der Waals surface area contributed by atoms with Gasteiger partial charge in [-0.25, -0.2) is 4.79 Å². The SMILES string of the molecule is COc1ccccc1[C@@H]1CCC(=O)C=C1C(=O)O. The minimum atomic E-state index is -1.04. The van der Waals surface area contributed by atoms with Crippen molar-refractivity contribution in [3.63, 3.8) is 0 Å². The van der Waals surface area contributed by atoms with E-state index in [9.17, 15) is 14.7 Å². The quantitative estimate of drug-likeness (QED) is 0.887. The zero-order chi connectivity index (χ0) is 13.1. The van der Waals surface area contributed by atoms with Crippen molar-refractivity contribution in [2.24, 2.45) is 0 Å². The molecular weight excluding hydrogens is 232 g/mol. The molecule has 4 heteroatoms. The van der Waals surface area contributed by atoms with E-state index >= 15 is 0 Å². The van der Waals surface area contributed by atoms with Gasteiger partial charge in [0, 0.05) is 23.5 Å². The Morgan fingerprint density at radius 3 is 2.78 bits per heavy atom. The van der Waals surface area contributed by atoms with Crippen LogP contribution in [0.2, 0.25) is 0 Å². The fraction of sp³-hybridized carbons (Fsp3) is 0.286. The lowest BCUT2D eigenvalue weighted by molar-refractivity contribution is -0.133. The van der Waals surface area contributed by atoms with E-state index < -0.39 is 5.97 Å². The molecule has 1 aliphatic carbocycles. The summed E-state index contributed by atoms with van der Waals surface area (Å²) in [7, 11) is 1.55. The maximum absolute atomic E-state index is 11.3. The second kappa shape index (κ2) is 5.04. The maximum Gasteiger partial charge on any atom is 0.332 e. The zero-order valence-electron chi connectivity index (χ0n) is 10.1. The van der Waals surface area contributed by atoms with Crippen LogP contribution >= 0.6 is 0 Å². The van der Waals surface area contributed by atoms with Crippen LogP contribution in [0.3, 0.4) is 0 Å². The third-order valence-corrected chi connectivity index (χ3v) is 3.13. The first-order chi connectivity index (χ1) is 8.63. The van der Waals surface area contributed by atoms with Crippen LogP contribution in [0, 0.1) is 0 Å². The predicted molar refractivity (Wildman–Crippen MR) is 65.7 cm³/mol. The van der Waals surface area contributed by atoms with Crippen LogP contribution < -0.4 is 4.74 Å². The Hall–Kier alpha value is -2.10. The number of rotatable bonds is 3. The molecule has 0 spiro atoms. The second-order valence-corrected chi connectivity index (χ2v) is 4.20. The van der Waals surface area contributed by atoms with Crippen LogP contribution in [-0.4, -0.2) is 24.0 Å². The molecule has 0 aliphatic heterocycles. The molecule has 1 aromatic rings. The van der Waals surface area contributed by atoms with Gasteiger partial charge in [-0.15, -0.1) is 0 Å². The van der Waals surface area contributed by atoms with E-state index in [4.69, 9.17) is 4.74 Å². The average molecular weight is 246 g/mol. The summed E-state index contributed by atoms with van der Waals surface area (Å²) in [6, 6.07) is 7.32. The van der Waals surface area contributed by atoms with E-state index in [1.54, 1.807) is 13.2 Å². The van der Waals surface area contributed by atoms with Crippen LogP contribution in [0.1, 0.15) is 24.3 Å². The predicted octanol–water partition coefficient (Wildman–Crippen LogP) is 2.15. The van der Waals surface area contributed by atoms with E-state index in [-0.39, 0.29) is 17.3 Å². The molecule has 0 saturated carbocycles. The van der Waals surface area contributed by atoms with Gasteiger partial charge in [0.1, 0.15) is 5.75 Å². The molecule has 18 heavy (non-hydrogen) atoms. The first-order valence-corrected chi connectivity index (χ1v) is 5.74. The topological polar surface area (TPSA) is 63.6 Å². The van der Waals surface area contributed by atoms with Gasteiger partial charge in [0.2, 0.25) is 0 Å². The molecule has 0 heterocycles. The van der Waals surface area contributed by atoms with Crippen molar-refractivity contribution >= 4 is 11.8 Å². The third-order valence-electron chi connectivity index (χ3n) is 3.13. The smallest absolute Gasteiger partial charge is 0.332 e. The highest BCUT2D eigenvalue weighted by Gasteiger charge is 2.29. The Balaban J connectivity index is 2.46. The number of benzene rings is 1. The summed E-state index contributed by atoms with van der Waals surface area (Å²) in [5, 5.41) is 9.19. The lowest BCUT2D eigenvalue weighted by Gasteiger charge is -2.23. The molecule has 2 rings (SSSR count). The van der Waals surface area contributed by atoms with Crippen LogP contribution in [0.4, 0.5) is 0 Å². The van der Waals surface area contributed by atoms with Crippen molar-refractivity contribution in [1.82, 2.24) is 0 Å². The molecule has 1 aliphatic rings. The molecular formula is C14H14O4. The lowest BCUT2D eigenvalue weighted by atomic mass is 9.81. The van der Waals surface area contributed by atoms with Gasteiger partial charge >= 0.3 is 5.97 Å². The van der Waals surface area contributed by atoms with E-state index in [1.165, 1.54) is 6.08 Å². The molecule has 0 aromatic heterocycles. The third kappa shape index (κ3) is 2.27. The number of methoxy groups -OCH3 is 1. The summed E-state index contributed by atoms with van der Waals surface area (Å²) in [6.07, 6.45) is 2.12. The number of ether oxygens (including phenoxy) is 1. The standard InChI is InChI=1S/C14H14O4/c1-18-13-5-3-2-4-11(13)10-7-6-9(15)8-12(10)14(16)17/h2-5,8,10H,6-7H2,1H3,(H,16,17)/t10-/m0/s1. The van der Waals surface area contributed by atoms with Crippen molar-refractivity contribution in [3.05, 3.63) is 41.5 Å². The normalized spacial score (nSPS) is 19.3. The minimum absolute atomic E-state index is 0.126. The van der Waals surface area contributed by atoms with Crippen molar-refractivity contribution in [3.8, 4) is 5.75 Å². The Kier molecular flexibility index (Phi) is 3.46. The van der Waals surface area contributed by atoms with Gasteiger partial charge < -0.3 is 9.84 Å². The summed E-state index contributed by atoms with van der Waals surface area (Å²) >= 11 is 0. The minimum Gasteiger partial charge on any atom is -0.496 e. The largest absolute Gasteiger partial charge is 0.496 e. The molecule has 94 valence electrons. The number of carbonyl (C=O) groups is 2.